The molecule has 132 valence electrons. The first-order valence-corrected chi connectivity index (χ1v) is 8.27. The summed E-state index contributed by atoms with van der Waals surface area (Å²) in [6.45, 7) is 1.62. The molecule has 0 aliphatic carbocycles. The molecule has 0 radical (unpaired) electrons. The molecule has 6 nitrogen and oxygen atoms in total. The number of rotatable bonds is 5. The van der Waals surface area contributed by atoms with Crippen LogP contribution in [0.5, 0.6) is 0 Å². The number of carboxylic acids is 1. The first-order valence-electron chi connectivity index (χ1n) is 8.27. The first-order chi connectivity index (χ1) is 12.0. The van der Waals surface area contributed by atoms with Crippen LogP contribution in [0.3, 0.4) is 0 Å². The van der Waals surface area contributed by atoms with E-state index in [2.05, 4.69) is 5.32 Å². The molecular formula is C19H21NO5. The monoisotopic (exact) mass is 343 g/mol. The van der Waals surface area contributed by atoms with Gasteiger partial charge in [0.25, 0.3) is 5.91 Å². The summed E-state index contributed by atoms with van der Waals surface area (Å²) < 4.78 is 5.33. The van der Waals surface area contributed by atoms with E-state index in [0.29, 0.717) is 25.3 Å². The van der Waals surface area contributed by atoms with Crippen LogP contribution in [0, 0.1) is 5.41 Å². The van der Waals surface area contributed by atoms with Crippen molar-refractivity contribution in [1.82, 2.24) is 5.32 Å². The van der Waals surface area contributed by atoms with Crippen molar-refractivity contribution >= 4 is 22.6 Å². The van der Waals surface area contributed by atoms with E-state index in [1.807, 2.05) is 0 Å². The van der Waals surface area contributed by atoms with Gasteiger partial charge in [0.2, 0.25) is 0 Å². The first kappa shape index (κ1) is 17.4. The van der Waals surface area contributed by atoms with Gasteiger partial charge in [-0.05, 0) is 47.9 Å². The molecule has 3 N–H and O–H groups in total. The van der Waals surface area contributed by atoms with Crippen LogP contribution in [0.2, 0.25) is 0 Å². The maximum absolute atomic E-state index is 12.4. The second-order valence-electron chi connectivity index (χ2n) is 6.54. The van der Waals surface area contributed by atoms with Gasteiger partial charge in [0.15, 0.2) is 0 Å². The van der Waals surface area contributed by atoms with E-state index in [-0.39, 0.29) is 23.5 Å². The number of hydrogen-bond donors (Lipinski definition) is 3. The number of aromatic carboxylic acids is 1. The van der Waals surface area contributed by atoms with Crippen molar-refractivity contribution in [2.45, 2.75) is 12.8 Å². The van der Waals surface area contributed by atoms with Crippen molar-refractivity contribution in [1.29, 1.82) is 0 Å². The third-order valence-electron chi connectivity index (χ3n) is 4.86. The number of carbonyl (C=O) groups excluding carboxylic acids is 1. The molecular weight excluding hydrogens is 322 g/mol. The highest BCUT2D eigenvalue weighted by atomic mass is 16.5. The minimum atomic E-state index is -0.977. The van der Waals surface area contributed by atoms with Crippen LogP contribution < -0.4 is 5.32 Å². The zero-order valence-corrected chi connectivity index (χ0v) is 13.8. The Labute approximate surface area is 145 Å². The molecule has 1 amide bonds. The molecule has 0 aromatic heterocycles. The lowest BCUT2D eigenvalue weighted by Gasteiger charge is -2.35. The molecule has 1 fully saturated rings. The quantitative estimate of drug-likeness (QED) is 0.772. The van der Waals surface area contributed by atoms with E-state index < -0.39 is 5.97 Å². The fourth-order valence-corrected chi connectivity index (χ4v) is 3.09. The predicted molar refractivity (Wildman–Crippen MR) is 92.8 cm³/mol. The second kappa shape index (κ2) is 7.21. The average molecular weight is 343 g/mol. The highest BCUT2D eigenvalue weighted by Gasteiger charge is 2.32. The van der Waals surface area contributed by atoms with Gasteiger partial charge < -0.3 is 20.3 Å². The van der Waals surface area contributed by atoms with Gasteiger partial charge in [0.05, 0.1) is 12.2 Å². The van der Waals surface area contributed by atoms with E-state index in [0.717, 1.165) is 23.6 Å². The third kappa shape index (κ3) is 3.81. The molecule has 1 heterocycles. The normalized spacial score (nSPS) is 16.5. The standard InChI is InChI=1S/C19H21NO5/c21-12-19(5-7-25-8-6-19)11-20-17(22)15-3-1-14-10-16(18(23)24)4-2-13(14)9-15/h1-4,9-10,21H,5-8,11-12H2,(H,20,22)(H,23,24). The molecule has 2 aromatic rings. The van der Waals surface area contributed by atoms with Crippen molar-refractivity contribution < 1.29 is 24.5 Å². The van der Waals surface area contributed by atoms with Crippen molar-refractivity contribution in [3.63, 3.8) is 0 Å². The number of carbonyl (C=O) groups is 2. The molecule has 0 bridgehead atoms. The maximum Gasteiger partial charge on any atom is 0.335 e. The Hall–Kier alpha value is -2.44. The molecule has 25 heavy (non-hydrogen) atoms. The Morgan fingerprint density at radius 3 is 2.24 bits per heavy atom. The van der Waals surface area contributed by atoms with Gasteiger partial charge >= 0.3 is 5.97 Å². The number of ether oxygens (including phenoxy) is 1. The number of carboxylic acid groups (broad SMARTS) is 1. The molecule has 0 atom stereocenters. The summed E-state index contributed by atoms with van der Waals surface area (Å²) in [5, 5.41) is 23.2. The smallest absolute Gasteiger partial charge is 0.335 e. The SMILES string of the molecule is O=C(O)c1ccc2cc(C(=O)NCC3(CO)CCOCC3)ccc2c1. The molecule has 1 aliphatic heterocycles. The number of aliphatic hydroxyl groups excluding tert-OH is 1. The summed E-state index contributed by atoms with van der Waals surface area (Å²) in [5.41, 5.74) is 0.408. The molecule has 1 saturated heterocycles. The summed E-state index contributed by atoms with van der Waals surface area (Å²) in [6.07, 6.45) is 1.44. The highest BCUT2D eigenvalue weighted by molar-refractivity contribution is 6.00. The van der Waals surface area contributed by atoms with Crippen LogP contribution in [-0.2, 0) is 4.74 Å². The van der Waals surface area contributed by atoms with Crippen LogP contribution in [0.1, 0.15) is 33.6 Å². The molecule has 6 heteroatoms. The lowest BCUT2D eigenvalue weighted by molar-refractivity contribution is -0.0146. The predicted octanol–water partition coefficient (Wildman–Crippen LogP) is 2.06. The van der Waals surface area contributed by atoms with Gasteiger partial charge in [0, 0.05) is 30.7 Å². The summed E-state index contributed by atoms with van der Waals surface area (Å²) >= 11 is 0. The van der Waals surface area contributed by atoms with Crippen LogP contribution in [0.15, 0.2) is 36.4 Å². The maximum atomic E-state index is 12.4. The van der Waals surface area contributed by atoms with Crippen molar-refractivity contribution in [2.75, 3.05) is 26.4 Å². The Morgan fingerprint density at radius 1 is 1.04 bits per heavy atom. The largest absolute Gasteiger partial charge is 0.478 e. The number of benzene rings is 2. The van der Waals surface area contributed by atoms with E-state index in [4.69, 9.17) is 9.84 Å². The Bertz CT molecular complexity index is 796. The molecule has 1 aliphatic rings. The topological polar surface area (TPSA) is 95.9 Å². The zero-order chi connectivity index (χ0) is 17.9. The van der Waals surface area contributed by atoms with Crippen LogP contribution in [0.4, 0.5) is 0 Å². The zero-order valence-electron chi connectivity index (χ0n) is 13.8. The van der Waals surface area contributed by atoms with E-state index in [9.17, 15) is 14.7 Å². The van der Waals surface area contributed by atoms with E-state index in [1.54, 1.807) is 30.3 Å². The van der Waals surface area contributed by atoms with Gasteiger partial charge in [-0.1, -0.05) is 12.1 Å². The second-order valence-corrected chi connectivity index (χ2v) is 6.54. The summed E-state index contributed by atoms with van der Waals surface area (Å²) in [7, 11) is 0. The molecule has 0 saturated carbocycles. The van der Waals surface area contributed by atoms with Gasteiger partial charge in [-0.2, -0.15) is 0 Å². The fourth-order valence-electron chi connectivity index (χ4n) is 3.09. The van der Waals surface area contributed by atoms with Gasteiger partial charge in [-0.3, -0.25) is 4.79 Å². The minimum absolute atomic E-state index is 0.0202. The van der Waals surface area contributed by atoms with E-state index >= 15 is 0 Å². The molecule has 0 unspecified atom stereocenters. The number of aliphatic hydroxyl groups is 1. The molecule has 0 spiro atoms. The lowest BCUT2D eigenvalue weighted by Crippen LogP contribution is -2.43. The number of fused-ring (bicyclic) bond motifs is 1. The van der Waals surface area contributed by atoms with Crippen molar-refractivity contribution in [3.05, 3.63) is 47.5 Å². The lowest BCUT2D eigenvalue weighted by atomic mass is 9.81. The average Bonchev–Trinajstić information content (AvgIpc) is 2.66. The number of nitrogens with one attached hydrogen (secondary N) is 1. The van der Waals surface area contributed by atoms with Crippen molar-refractivity contribution in [2.24, 2.45) is 5.41 Å². The summed E-state index contributed by atoms with van der Waals surface area (Å²) in [6, 6.07) is 9.97. The highest BCUT2D eigenvalue weighted by Crippen LogP contribution is 2.29. The Kier molecular flexibility index (Phi) is 5.01. The van der Waals surface area contributed by atoms with E-state index in [1.165, 1.54) is 6.07 Å². The van der Waals surface area contributed by atoms with Gasteiger partial charge in [0.1, 0.15) is 0 Å². The van der Waals surface area contributed by atoms with Crippen LogP contribution >= 0.6 is 0 Å². The fraction of sp³-hybridized carbons (Fsp3) is 0.368. The Morgan fingerprint density at radius 2 is 1.64 bits per heavy atom. The molecule has 2 aromatic carbocycles. The summed E-state index contributed by atoms with van der Waals surface area (Å²) in [5.74, 6) is -1.18. The Balaban J connectivity index is 1.73. The van der Waals surface area contributed by atoms with Crippen LogP contribution in [0.25, 0.3) is 10.8 Å². The van der Waals surface area contributed by atoms with Crippen LogP contribution in [-0.4, -0.2) is 48.5 Å². The van der Waals surface area contributed by atoms with Gasteiger partial charge in [-0.15, -0.1) is 0 Å². The number of hydrogen-bond acceptors (Lipinski definition) is 4. The third-order valence-corrected chi connectivity index (χ3v) is 4.86. The summed E-state index contributed by atoms with van der Waals surface area (Å²) in [4.78, 5) is 23.5. The van der Waals surface area contributed by atoms with Gasteiger partial charge in [-0.25, -0.2) is 4.79 Å². The number of amides is 1. The van der Waals surface area contributed by atoms with Crippen molar-refractivity contribution in [3.8, 4) is 0 Å². The minimum Gasteiger partial charge on any atom is -0.478 e. The molecule has 3 rings (SSSR count).